The lowest BCUT2D eigenvalue weighted by atomic mass is 10.3. The number of nitrogens with zero attached hydrogens (tertiary/aromatic N) is 2. The summed E-state index contributed by atoms with van der Waals surface area (Å²) in [5, 5.41) is 10.4. The highest BCUT2D eigenvalue weighted by Gasteiger charge is 2.05. The first-order valence-electron chi connectivity index (χ1n) is 4.67. The molecule has 0 atom stereocenters. The van der Waals surface area contributed by atoms with Crippen molar-refractivity contribution in [3.05, 3.63) is 51.0 Å². The monoisotopic (exact) mass is 252 g/mol. The van der Waals surface area contributed by atoms with Gasteiger partial charge in [0.15, 0.2) is 5.75 Å². The zero-order valence-corrected chi connectivity index (χ0v) is 9.42. The molecule has 0 aliphatic heterocycles. The van der Waals surface area contributed by atoms with Crippen molar-refractivity contribution >= 4 is 17.0 Å². The lowest BCUT2D eigenvalue weighted by Gasteiger charge is -2.02. The van der Waals surface area contributed by atoms with Gasteiger partial charge in [0.25, 0.3) is 5.69 Å². The van der Waals surface area contributed by atoms with Crippen molar-refractivity contribution in [3.63, 3.8) is 0 Å². The summed E-state index contributed by atoms with van der Waals surface area (Å²) in [4.78, 5) is 24.7. The molecule has 17 heavy (non-hydrogen) atoms. The Labute approximate surface area is 101 Å². The van der Waals surface area contributed by atoms with Gasteiger partial charge >= 0.3 is 0 Å². The minimum atomic E-state index is -0.470. The Kier molecular flexibility index (Phi) is 3.63. The molecule has 0 amide bonds. The van der Waals surface area contributed by atoms with Gasteiger partial charge in [0.1, 0.15) is 6.61 Å². The largest absolute Gasteiger partial charge is 0.337 e. The smallest absolute Gasteiger partial charge is 0.269 e. The molecule has 0 bridgehead atoms. The van der Waals surface area contributed by atoms with Gasteiger partial charge in [-0.25, -0.2) is 0 Å². The van der Waals surface area contributed by atoms with Gasteiger partial charge in [-0.15, -0.1) is 11.3 Å². The van der Waals surface area contributed by atoms with Gasteiger partial charge in [-0.2, -0.15) is 4.89 Å². The molecule has 0 saturated carbocycles. The number of rotatable bonds is 5. The highest BCUT2D eigenvalue weighted by atomic mass is 32.1. The molecule has 0 fully saturated rings. The molecular weight excluding hydrogens is 244 g/mol. The second-order valence-electron chi connectivity index (χ2n) is 3.06. The lowest BCUT2D eigenvalue weighted by Crippen LogP contribution is -1.96. The van der Waals surface area contributed by atoms with E-state index in [1.54, 1.807) is 11.7 Å². The average molecular weight is 252 g/mol. The predicted octanol–water partition coefficient (Wildman–Crippen LogP) is 2.56. The molecule has 0 N–H and O–H groups in total. The van der Waals surface area contributed by atoms with Crippen LogP contribution in [0.5, 0.6) is 5.75 Å². The van der Waals surface area contributed by atoms with Crippen LogP contribution in [0.1, 0.15) is 4.88 Å². The number of benzene rings is 1. The van der Waals surface area contributed by atoms with Crippen molar-refractivity contribution in [1.29, 1.82) is 0 Å². The number of hydrogen-bond acceptors (Lipinski definition) is 6. The standard InChI is InChI=1S/C10H8N2O4S/c13-12(14)8-1-3-9(4-2-8)16-15-6-10-5-11-7-17-10/h1-5,7H,6H2. The Hall–Kier alpha value is -1.99. The average Bonchev–Trinajstić information content (AvgIpc) is 2.83. The molecule has 0 saturated heterocycles. The number of nitro groups is 1. The van der Waals surface area contributed by atoms with Crippen LogP contribution < -0.4 is 4.89 Å². The summed E-state index contributed by atoms with van der Waals surface area (Å²) in [6, 6.07) is 5.66. The number of thiazole rings is 1. The van der Waals surface area contributed by atoms with Crippen molar-refractivity contribution in [1.82, 2.24) is 4.98 Å². The maximum Gasteiger partial charge on any atom is 0.269 e. The first-order valence-corrected chi connectivity index (χ1v) is 5.55. The fourth-order valence-electron chi connectivity index (χ4n) is 1.09. The molecule has 0 unspecified atom stereocenters. The molecule has 1 aromatic heterocycles. The Morgan fingerprint density at radius 3 is 2.71 bits per heavy atom. The maximum atomic E-state index is 10.4. The molecule has 1 heterocycles. The van der Waals surface area contributed by atoms with E-state index in [1.165, 1.54) is 35.6 Å². The van der Waals surface area contributed by atoms with Crippen LogP contribution in [0.2, 0.25) is 0 Å². The van der Waals surface area contributed by atoms with Crippen LogP contribution in [0.25, 0.3) is 0 Å². The van der Waals surface area contributed by atoms with Crippen LogP contribution in [-0.4, -0.2) is 9.91 Å². The van der Waals surface area contributed by atoms with Gasteiger partial charge in [-0.3, -0.25) is 15.1 Å². The third-order valence-corrected chi connectivity index (χ3v) is 2.64. The zero-order chi connectivity index (χ0) is 12.1. The fraction of sp³-hybridized carbons (Fsp3) is 0.100. The van der Waals surface area contributed by atoms with Crippen LogP contribution in [0.15, 0.2) is 36.0 Å². The molecule has 0 spiro atoms. The molecular formula is C10H8N2O4S. The van der Waals surface area contributed by atoms with E-state index in [9.17, 15) is 10.1 Å². The van der Waals surface area contributed by atoms with Crippen LogP contribution in [0.4, 0.5) is 5.69 Å². The van der Waals surface area contributed by atoms with Gasteiger partial charge in [0.2, 0.25) is 0 Å². The minimum absolute atomic E-state index is 0.0137. The van der Waals surface area contributed by atoms with Crippen LogP contribution in [0, 0.1) is 10.1 Å². The van der Waals surface area contributed by atoms with E-state index in [0.29, 0.717) is 12.4 Å². The van der Waals surface area contributed by atoms with Crippen LogP contribution in [-0.2, 0) is 11.5 Å². The topological polar surface area (TPSA) is 74.5 Å². The zero-order valence-electron chi connectivity index (χ0n) is 8.61. The van der Waals surface area contributed by atoms with Gasteiger partial charge in [-0.05, 0) is 12.1 Å². The van der Waals surface area contributed by atoms with E-state index in [0.717, 1.165) is 4.88 Å². The van der Waals surface area contributed by atoms with E-state index >= 15 is 0 Å². The molecule has 6 nitrogen and oxygen atoms in total. The summed E-state index contributed by atoms with van der Waals surface area (Å²) in [5.74, 6) is 0.417. The van der Waals surface area contributed by atoms with Gasteiger partial charge in [0.05, 0.1) is 15.3 Å². The first-order chi connectivity index (χ1) is 8.25. The molecule has 0 aliphatic rings. The molecule has 88 valence electrons. The summed E-state index contributed by atoms with van der Waals surface area (Å²) in [6.45, 7) is 0.293. The molecule has 0 aliphatic carbocycles. The van der Waals surface area contributed by atoms with Crippen molar-refractivity contribution in [3.8, 4) is 5.75 Å². The SMILES string of the molecule is O=[N+]([O-])c1ccc(OOCc2cncs2)cc1. The maximum absolute atomic E-state index is 10.4. The number of nitro benzene ring substituents is 1. The molecule has 2 rings (SSSR count). The van der Waals surface area contributed by atoms with Crippen molar-refractivity contribution in [2.75, 3.05) is 0 Å². The van der Waals surface area contributed by atoms with Gasteiger partial charge in [-0.1, -0.05) is 0 Å². The van der Waals surface area contributed by atoms with E-state index < -0.39 is 4.92 Å². The summed E-state index contributed by atoms with van der Waals surface area (Å²) in [5.41, 5.74) is 1.71. The van der Waals surface area contributed by atoms with E-state index in [-0.39, 0.29) is 5.69 Å². The Bertz CT molecular complexity index is 484. The van der Waals surface area contributed by atoms with E-state index in [2.05, 4.69) is 4.98 Å². The minimum Gasteiger partial charge on any atom is -0.337 e. The Morgan fingerprint density at radius 1 is 1.35 bits per heavy atom. The fourth-order valence-corrected chi connectivity index (χ4v) is 1.59. The quantitative estimate of drug-likeness (QED) is 0.464. The second kappa shape index (κ2) is 5.37. The molecule has 0 radical (unpaired) electrons. The lowest BCUT2D eigenvalue weighted by molar-refractivity contribution is -0.384. The van der Waals surface area contributed by atoms with E-state index in [4.69, 9.17) is 9.78 Å². The molecule has 7 heteroatoms. The summed E-state index contributed by atoms with van der Waals surface area (Å²) in [7, 11) is 0. The second-order valence-corrected chi connectivity index (χ2v) is 4.04. The molecule has 2 aromatic rings. The van der Waals surface area contributed by atoms with E-state index in [1.807, 2.05) is 0 Å². The van der Waals surface area contributed by atoms with Crippen LogP contribution >= 0.6 is 11.3 Å². The van der Waals surface area contributed by atoms with Gasteiger partial charge in [0, 0.05) is 18.3 Å². The summed E-state index contributed by atoms with van der Waals surface area (Å²) >= 11 is 1.46. The van der Waals surface area contributed by atoms with Crippen LogP contribution in [0.3, 0.4) is 0 Å². The summed E-state index contributed by atoms with van der Waals surface area (Å²) in [6.07, 6.45) is 1.68. The highest BCUT2D eigenvalue weighted by molar-refractivity contribution is 7.09. The Morgan fingerprint density at radius 2 is 2.12 bits per heavy atom. The highest BCUT2D eigenvalue weighted by Crippen LogP contribution is 2.18. The van der Waals surface area contributed by atoms with Crippen molar-refractivity contribution < 1.29 is 14.7 Å². The number of hydrogen-bond donors (Lipinski definition) is 0. The Balaban J connectivity index is 1.85. The third-order valence-electron chi connectivity index (χ3n) is 1.89. The molecule has 1 aromatic carbocycles. The normalized spacial score (nSPS) is 10.1. The van der Waals surface area contributed by atoms with Gasteiger partial charge < -0.3 is 4.89 Å². The predicted molar refractivity (Wildman–Crippen MR) is 60.6 cm³/mol. The van der Waals surface area contributed by atoms with Crippen molar-refractivity contribution in [2.45, 2.75) is 6.61 Å². The number of aromatic nitrogens is 1. The summed E-state index contributed by atoms with van der Waals surface area (Å²) < 4.78 is 0. The number of non-ortho nitro benzene ring substituents is 1. The first kappa shape index (κ1) is 11.5. The third kappa shape index (κ3) is 3.23. The van der Waals surface area contributed by atoms with Crippen molar-refractivity contribution in [2.24, 2.45) is 0 Å².